The molecule has 0 amide bonds. The van der Waals surface area contributed by atoms with Crippen molar-refractivity contribution in [3.8, 4) is 11.4 Å². The number of imidazole rings is 1. The highest BCUT2D eigenvalue weighted by atomic mass is 19.1. The molecule has 0 saturated carbocycles. The van der Waals surface area contributed by atoms with Crippen LogP contribution in [0.3, 0.4) is 0 Å². The first-order valence-electron chi connectivity index (χ1n) is 5.35. The van der Waals surface area contributed by atoms with Gasteiger partial charge in [-0.2, -0.15) is 0 Å². The fourth-order valence-electron chi connectivity index (χ4n) is 1.76. The summed E-state index contributed by atoms with van der Waals surface area (Å²) in [5, 5.41) is 0. The first-order valence-corrected chi connectivity index (χ1v) is 5.35. The number of rotatable bonds is 1. The highest BCUT2D eigenvalue weighted by Gasteiger charge is 2.10. The lowest BCUT2D eigenvalue weighted by molar-refractivity contribution is 0.628. The minimum absolute atomic E-state index is 0.298. The van der Waals surface area contributed by atoms with Crippen molar-refractivity contribution in [2.24, 2.45) is 7.05 Å². The fourth-order valence-corrected chi connectivity index (χ4v) is 1.76. The Balaban J connectivity index is 2.23. The predicted octanol–water partition coefficient (Wildman–Crippen LogP) is 1.75. The molecular formula is C12H10FN5. The van der Waals surface area contributed by atoms with Gasteiger partial charge in [0.1, 0.15) is 11.3 Å². The Morgan fingerprint density at radius 3 is 2.61 bits per heavy atom. The van der Waals surface area contributed by atoms with Gasteiger partial charge in [0.2, 0.25) is 0 Å². The Bertz CT molecular complexity index is 717. The average molecular weight is 243 g/mol. The van der Waals surface area contributed by atoms with Gasteiger partial charge in [-0.3, -0.25) is 0 Å². The topological polar surface area (TPSA) is 69.6 Å². The molecule has 0 aliphatic rings. The summed E-state index contributed by atoms with van der Waals surface area (Å²) in [4.78, 5) is 12.7. The fraction of sp³-hybridized carbons (Fsp3) is 0.0833. The van der Waals surface area contributed by atoms with Gasteiger partial charge in [-0.25, -0.2) is 19.3 Å². The third-order valence-corrected chi connectivity index (χ3v) is 2.69. The van der Waals surface area contributed by atoms with E-state index in [0.717, 1.165) is 0 Å². The summed E-state index contributed by atoms with van der Waals surface area (Å²) in [5.74, 6) is 0.483. The van der Waals surface area contributed by atoms with Crippen LogP contribution in [-0.4, -0.2) is 19.5 Å². The number of anilines is 1. The van der Waals surface area contributed by atoms with Gasteiger partial charge in [0.25, 0.3) is 0 Å². The van der Waals surface area contributed by atoms with E-state index >= 15 is 0 Å². The van der Waals surface area contributed by atoms with Crippen molar-refractivity contribution in [2.75, 3.05) is 5.73 Å². The second-order valence-corrected chi connectivity index (χ2v) is 3.97. The van der Waals surface area contributed by atoms with Gasteiger partial charge in [0.15, 0.2) is 17.3 Å². The highest BCUT2D eigenvalue weighted by molar-refractivity contribution is 5.83. The summed E-state index contributed by atoms with van der Waals surface area (Å²) >= 11 is 0. The molecule has 0 aliphatic heterocycles. The van der Waals surface area contributed by atoms with Crippen LogP contribution in [0.1, 0.15) is 0 Å². The third-order valence-electron chi connectivity index (χ3n) is 2.69. The number of nitrogens with two attached hydrogens (primary N) is 1. The zero-order valence-corrected chi connectivity index (χ0v) is 9.63. The Labute approximate surface area is 102 Å². The normalized spacial score (nSPS) is 11.0. The number of nitrogen functional groups attached to an aromatic ring is 1. The highest BCUT2D eigenvalue weighted by Crippen LogP contribution is 2.21. The average Bonchev–Trinajstić information content (AvgIpc) is 2.73. The lowest BCUT2D eigenvalue weighted by atomic mass is 10.2. The van der Waals surface area contributed by atoms with Gasteiger partial charge in [-0.05, 0) is 24.3 Å². The number of halogens is 1. The Hall–Kier alpha value is -2.50. The predicted molar refractivity (Wildman–Crippen MR) is 66.1 cm³/mol. The molecule has 2 heterocycles. The summed E-state index contributed by atoms with van der Waals surface area (Å²) in [7, 11) is 1.83. The molecule has 0 spiro atoms. The largest absolute Gasteiger partial charge is 0.382 e. The van der Waals surface area contributed by atoms with Crippen molar-refractivity contribution in [2.45, 2.75) is 0 Å². The number of fused-ring (bicyclic) bond motifs is 1. The van der Waals surface area contributed by atoms with Crippen molar-refractivity contribution in [1.82, 2.24) is 19.5 Å². The summed E-state index contributed by atoms with van der Waals surface area (Å²) < 4.78 is 14.6. The molecule has 1 aromatic carbocycles. The maximum Gasteiger partial charge on any atom is 0.165 e. The number of aryl methyl sites for hydroxylation is 1. The molecule has 3 rings (SSSR count). The minimum Gasteiger partial charge on any atom is -0.382 e. The van der Waals surface area contributed by atoms with Crippen LogP contribution in [0.4, 0.5) is 10.2 Å². The molecule has 0 bridgehead atoms. The molecule has 0 fully saturated rings. The quantitative estimate of drug-likeness (QED) is 0.707. The standard InChI is InChI=1S/C12H10FN5/c1-18-6-15-9-10(14)16-11(17-12(9)18)7-2-4-8(13)5-3-7/h2-6H,1H3,(H2,14,16,17). The van der Waals surface area contributed by atoms with E-state index in [9.17, 15) is 4.39 Å². The van der Waals surface area contributed by atoms with Crippen LogP contribution in [-0.2, 0) is 7.05 Å². The molecule has 2 N–H and O–H groups in total. The summed E-state index contributed by atoms with van der Waals surface area (Å²) in [6.07, 6.45) is 1.63. The number of nitrogens with zero attached hydrogens (tertiary/aromatic N) is 4. The molecule has 0 atom stereocenters. The van der Waals surface area contributed by atoms with E-state index in [1.54, 1.807) is 23.0 Å². The van der Waals surface area contributed by atoms with Crippen LogP contribution in [0.15, 0.2) is 30.6 Å². The Morgan fingerprint density at radius 2 is 1.89 bits per heavy atom. The van der Waals surface area contributed by atoms with Crippen molar-refractivity contribution in [3.63, 3.8) is 0 Å². The third kappa shape index (κ3) is 1.58. The van der Waals surface area contributed by atoms with E-state index in [1.807, 2.05) is 7.05 Å². The van der Waals surface area contributed by atoms with Gasteiger partial charge >= 0.3 is 0 Å². The van der Waals surface area contributed by atoms with E-state index in [-0.39, 0.29) is 5.82 Å². The van der Waals surface area contributed by atoms with Gasteiger partial charge in [-0.1, -0.05) is 0 Å². The molecule has 5 nitrogen and oxygen atoms in total. The van der Waals surface area contributed by atoms with E-state index in [0.29, 0.717) is 28.4 Å². The lowest BCUT2D eigenvalue weighted by Crippen LogP contribution is -1.99. The van der Waals surface area contributed by atoms with E-state index in [2.05, 4.69) is 15.0 Å². The SMILES string of the molecule is Cn1cnc2c(N)nc(-c3ccc(F)cc3)nc21. The zero-order valence-electron chi connectivity index (χ0n) is 9.63. The van der Waals surface area contributed by atoms with Crippen LogP contribution in [0.5, 0.6) is 0 Å². The van der Waals surface area contributed by atoms with Crippen molar-refractivity contribution >= 4 is 17.0 Å². The van der Waals surface area contributed by atoms with Gasteiger partial charge in [0, 0.05) is 12.6 Å². The number of aromatic nitrogens is 4. The molecule has 18 heavy (non-hydrogen) atoms. The number of hydrogen-bond acceptors (Lipinski definition) is 4. The second kappa shape index (κ2) is 3.76. The molecule has 0 aliphatic carbocycles. The maximum absolute atomic E-state index is 12.9. The van der Waals surface area contributed by atoms with Crippen LogP contribution in [0, 0.1) is 5.82 Å². The van der Waals surface area contributed by atoms with E-state index < -0.39 is 0 Å². The molecule has 2 aromatic heterocycles. The summed E-state index contributed by atoms with van der Waals surface area (Å²) in [6, 6.07) is 5.96. The molecule has 0 radical (unpaired) electrons. The molecule has 90 valence electrons. The van der Waals surface area contributed by atoms with Crippen LogP contribution in [0.2, 0.25) is 0 Å². The first-order chi connectivity index (χ1) is 8.65. The van der Waals surface area contributed by atoms with Crippen LogP contribution < -0.4 is 5.73 Å². The first kappa shape index (κ1) is 10.6. The van der Waals surface area contributed by atoms with E-state index in [4.69, 9.17) is 5.73 Å². The monoisotopic (exact) mass is 243 g/mol. The number of hydrogen-bond donors (Lipinski definition) is 1. The van der Waals surface area contributed by atoms with Crippen molar-refractivity contribution < 1.29 is 4.39 Å². The maximum atomic E-state index is 12.9. The van der Waals surface area contributed by atoms with Gasteiger partial charge in [-0.15, -0.1) is 0 Å². The molecule has 6 heteroatoms. The van der Waals surface area contributed by atoms with Crippen LogP contribution >= 0.6 is 0 Å². The summed E-state index contributed by atoms with van der Waals surface area (Å²) in [5.41, 5.74) is 7.78. The lowest BCUT2D eigenvalue weighted by Gasteiger charge is -2.03. The smallest absolute Gasteiger partial charge is 0.165 e. The Kier molecular flexibility index (Phi) is 2.22. The van der Waals surface area contributed by atoms with Crippen molar-refractivity contribution in [3.05, 3.63) is 36.4 Å². The second-order valence-electron chi connectivity index (χ2n) is 3.97. The van der Waals surface area contributed by atoms with Crippen LogP contribution in [0.25, 0.3) is 22.6 Å². The molecule has 3 aromatic rings. The van der Waals surface area contributed by atoms with Crippen molar-refractivity contribution in [1.29, 1.82) is 0 Å². The van der Waals surface area contributed by atoms with Gasteiger partial charge in [0.05, 0.1) is 6.33 Å². The Morgan fingerprint density at radius 1 is 1.17 bits per heavy atom. The molecule has 0 unspecified atom stereocenters. The number of benzene rings is 1. The minimum atomic E-state index is -0.298. The summed E-state index contributed by atoms with van der Waals surface area (Å²) in [6.45, 7) is 0. The molecule has 0 saturated heterocycles. The molecular weight excluding hydrogens is 233 g/mol. The zero-order chi connectivity index (χ0) is 12.7. The van der Waals surface area contributed by atoms with E-state index in [1.165, 1.54) is 12.1 Å². The van der Waals surface area contributed by atoms with Gasteiger partial charge < -0.3 is 10.3 Å².